The predicted molar refractivity (Wildman–Crippen MR) is 119 cm³/mol. The molecule has 160 valence electrons. The highest BCUT2D eigenvalue weighted by molar-refractivity contribution is 6.30. The van der Waals surface area contributed by atoms with Gasteiger partial charge in [-0.1, -0.05) is 35.9 Å². The minimum Gasteiger partial charge on any atom is -0.342 e. The normalized spacial score (nSPS) is 18.6. The average Bonchev–Trinajstić information content (AvgIpc) is 2.73. The van der Waals surface area contributed by atoms with Gasteiger partial charge in [0.05, 0.1) is 6.54 Å². The number of carbonyl (C=O) groups excluding carboxylic acids is 2. The maximum absolute atomic E-state index is 12.3. The first-order chi connectivity index (χ1) is 14.4. The summed E-state index contributed by atoms with van der Waals surface area (Å²) in [6.45, 7) is 9.31. The summed E-state index contributed by atoms with van der Waals surface area (Å²) in [5, 5.41) is 6.38. The van der Waals surface area contributed by atoms with Gasteiger partial charge in [-0.25, -0.2) is 0 Å². The van der Waals surface area contributed by atoms with Gasteiger partial charge in [0.2, 0.25) is 5.91 Å². The molecule has 7 heteroatoms. The maximum atomic E-state index is 12.3. The molecule has 1 aliphatic heterocycles. The SMILES string of the molecule is Cc1cccc(NC(=O)CNC(=O)C[NH+]2CC[NH+](Cc3ccc(Cl)cc3)CC2)c1C. The summed E-state index contributed by atoms with van der Waals surface area (Å²) in [5.41, 5.74) is 4.24. The Morgan fingerprint density at radius 1 is 0.933 bits per heavy atom. The maximum Gasteiger partial charge on any atom is 0.275 e. The van der Waals surface area contributed by atoms with Gasteiger partial charge in [0.1, 0.15) is 32.7 Å². The Bertz CT molecular complexity index is 877. The molecule has 6 nitrogen and oxygen atoms in total. The minimum atomic E-state index is -0.204. The highest BCUT2D eigenvalue weighted by atomic mass is 35.5. The van der Waals surface area contributed by atoms with Crippen LogP contribution in [-0.2, 0) is 16.1 Å². The molecule has 1 aliphatic rings. The monoisotopic (exact) mass is 430 g/mol. The van der Waals surface area contributed by atoms with Gasteiger partial charge < -0.3 is 20.4 Å². The Labute approximate surface area is 183 Å². The number of rotatable bonds is 7. The molecule has 0 radical (unpaired) electrons. The fraction of sp³-hybridized carbons (Fsp3) is 0.391. The third-order valence-electron chi connectivity index (χ3n) is 5.77. The molecule has 4 N–H and O–H groups in total. The average molecular weight is 431 g/mol. The zero-order valence-electron chi connectivity index (χ0n) is 17.7. The Morgan fingerprint density at radius 3 is 2.30 bits per heavy atom. The van der Waals surface area contributed by atoms with Crippen molar-refractivity contribution >= 4 is 29.1 Å². The van der Waals surface area contributed by atoms with Crippen LogP contribution in [0.2, 0.25) is 5.02 Å². The van der Waals surface area contributed by atoms with Crippen LogP contribution in [-0.4, -0.2) is 51.1 Å². The second kappa shape index (κ2) is 10.6. The Hall–Kier alpha value is -2.41. The first-order valence-corrected chi connectivity index (χ1v) is 10.8. The summed E-state index contributed by atoms with van der Waals surface area (Å²) in [6, 6.07) is 13.8. The van der Waals surface area contributed by atoms with Crippen LogP contribution in [0.3, 0.4) is 0 Å². The first-order valence-electron chi connectivity index (χ1n) is 10.4. The summed E-state index contributed by atoms with van der Waals surface area (Å²) in [5.74, 6) is -0.286. The second-order valence-electron chi connectivity index (χ2n) is 8.05. The van der Waals surface area contributed by atoms with Crippen LogP contribution in [0.15, 0.2) is 42.5 Å². The highest BCUT2D eigenvalue weighted by Crippen LogP contribution is 2.17. The third kappa shape index (κ3) is 6.55. The summed E-state index contributed by atoms with van der Waals surface area (Å²) in [4.78, 5) is 27.2. The summed E-state index contributed by atoms with van der Waals surface area (Å²) in [6.07, 6.45) is 0. The van der Waals surface area contributed by atoms with Crippen molar-refractivity contribution in [3.63, 3.8) is 0 Å². The van der Waals surface area contributed by atoms with Gasteiger partial charge >= 0.3 is 0 Å². The molecular weight excluding hydrogens is 400 g/mol. The lowest BCUT2D eigenvalue weighted by molar-refractivity contribution is -1.02. The van der Waals surface area contributed by atoms with Crippen molar-refractivity contribution in [2.75, 3.05) is 44.6 Å². The molecule has 1 fully saturated rings. The smallest absolute Gasteiger partial charge is 0.275 e. The van der Waals surface area contributed by atoms with Crippen molar-refractivity contribution < 1.29 is 19.4 Å². The number of carbonyl (C=O) groups is 2. The van der Waals surface area contributed by atoms with Crippen LogP contribution in [0.5, 0.6) is 0 Å². The van der Waals surface area contributed by atoms with E-state index in [4.69, 9.17) is 11.6 Å². The summed E-state index contributed by atoms with van der Waals surface area (Å²) >= 11 is 5.95. The molecule has 2 aromatic carbocycles. The van der Waals surface area contributed by atoms with E-state index >= 15 is 0 Å². The van der Waals surface area contributed by atoms with E-state index in [-0.39, 0.29) is 18.4 Å². The van der Waals surface area contributed by atoms with Crippen molar-refractivity contribution in [3.8, 4) is 0 Å². The number of piperazine rings is 1. The first kappa shape index (κ1) is 22.3. The van der Waals surface area contributed by atoms with Gasteiger partial charge in [0.25, 0.3) is 5.91 Å². The number of hydrogen-bond donors (Lipinski definition) is 4. The van der Waals surface area contributed by atoms with E-state index in [0.29, 0.717) is 6.54 Å². The number of benzene rings is 2. The van der Waals surface area contributed by atoms with Crippen molar-refractivity contribution in [2.24, 2.45) is 0 Å². The molecule has 0 bridgehead atoms. The largest absolute Gasteiger partial charge is 0.342 e. The van der Waals surface area contributed by atoms with Gasteiger partial charge in [0, 0.05) is 16.3 Å². The van der Waals surface area contributed by atoms with Gasteiger partial charge in [-0.2, -0.15) is 0 Å². The molecule has 0 saturated carbocycles. The molecule has 3 rings (SSSR count). The predicted octanol–water partition coefficient (Wildman–Crippen LogP) is -0.00486. The topological polar surface area (TPSA) is 67.1 Å². The molecule has 0 unspecified atom stereocenters. The molecule has 0 spiro atoms. The number of aryl methyl sites for hydroxylation is 1. The van der Waals surface area contributed by atoms with Crippen molar-refractivity contribution in [1.29, 1.82) is 0 Å². The number of anilines is 1. The number of nitrogens with one attached hydrogen (secondary N) is 4. The molecular formula is C23H31ClN4O2+2. The van der Waals surface area contributed by atoms with E-state index in [2.05, 4.69) is 22.8 Å². The molecule has 1 heterocycles. The van der Waals surface area contributed by atoms with Crippen LogP contribution in [0.1, 0.15) is 16.7 Å². The van der Waals surface area contributed by atoms with Crippen molar-refractivity contribution in [2.45, 2.75) is 20.4 Å². The molecule has 0 aromatic heterocycles. The van der Waals surface area contributed by atoms with Crippen LogP contribution < -0.4 is 20.4 Å². The second-order valence-corrected chi connectivity index (χ2v) is 8.49. The third-order valence-corrected chi connectivity index (χ3v) is 6.02. The molecule has 0 atom stereocenters. The van der Waals surface area contributed by atoms with E-state index < -0.39 is 0 Å². The quantitative estimate of drug-likeness (QED) is 0.499. The van der Waals surface area contributed by atoms with Gasteiger partial charge in [0.15, 0.2) is 6.54 Å². The summed E-state index contributed by atoms with van der Waals surface area (Å²) < 4.78 is 0. The molecule has 2 aromatic rings. The van der Waals surface area contributed by atoms with Crippen molar-refractivity contribution in [1.82, 2.24) is 5.32 Å². The lowest BCUT2D eigenvalue weighted by Gasteiger charge is -2.29. The van der Waals surface area contributed by atoms with Crippen LogP contribution in [0.4, 0.5) is 5.69 Å². The fourth-order valence-electron chi connectivity index (χ4n) is 3.75. The van der Waals surface area contributed by atoms with E-state index in [1.807, 2.05) is 44.2 Å². The molecule has 2 amide bonds. The van der Waals surface area contributed by atoms with E-state index in [1.54, 1.807) is 0 Å². The molecule has 1 saturated heterocycles. The number of halogens is 1. The van der Waals surface area contributed by atoms with Crippen LogP contribution in [0, 0.1) is 13.8 Å². The number of hydrogen-bond acceptors (Lipinski definition) is 2. The summed E-state index contributed by atoms with van der Waals surface area (Å²) in [7, 11) is 0. The zero-order chi connectivity index (χ0) is 21.5. The van der Waals surface area contributed by atoms with E-state index in [9.17, 15) is 9.59 Å². The lowest BCUT2D eigenvalue weighted by Crippen LogP contribution is -3.28. The van der Waals surface area contributed by atoms with Crippen molar-refractivity contribution in [3.05, 3.63) is 64.2 Å². The number of amides is 2. The zero-order valence-corrected chi connectivity index (χ0v) is 18.4. The van der Waals surface area contributed by atoms with Crippen LogP contribution >= 0.6 is 11.6 Å². The molecule has 30 heavy (non-hydrogen) atoms. The Kier molecular flexibility index (Phi) is 7.85. The Balaban J connectivity index is 1.36. The van der Waals surface area contributed by atoms with Gasteiger partial charge in [-0.05, 0) is 43.2 Å². The van der Waals surface area contributed by atoms with Gasteiger partial charge in [-0.3, -0.25) is 9.59 Å². The van der Waals surface area contributed by atoms with Gasteiger partial charge in [-0.15, -0.1) is 0 Å². The number of quaternary nitrogens is 2. The fourth-order valence-corrected chi connectivity index (χ4v) is 3.88. The van der Waals surface area contributed by atoms with E-state index in [1.165, 1.54) is 15.4 Å². The highest BCUT2D eigenvalue weighted by Gasteiger charge is 2.25. The minimum absolute atomic E-state index is 0.00651. The van der Waals surface area contributed by atoms with Crippen LogP contribution in [0.25, 0.3) is 0 Å². The molecule has 0 aliphatic carbocycles. The van der Waals surface area contributed by atoms with E-state index in [0.717, 1.165) is 54.6 Å². The lowest BCUT2D eigenvalue weighted by atomic mass is 10.1. The standard InChI is InChI=1S/C23H29ClN4O2/c1-17-4-3-5-21(18(17)2)26-22(29)14-25-23(30)16-28-12-10-27(11-13-28)15-19-6-8-20(24)9-7-19/h3-9H,10-16H2,1-2H3,(H,25,30)(H,26,29)/p+2. The Morgan fingerprint density at radius 2 is 1.60 bits per heavy atom.